The van der Waals surface area contributed by atoms with Gasteiger partial charge in [0.1, 0.15) is 29.5 Å². The molecule has 2 aromatic carbocycles. The molecule has 32 heavy (non-hydrogen) atoms. The van der Waals surface area contributed by atoms with Crippen LogP contribution in [0.15, 0.2) is 65.3 Å². The maximum atomic E-state index is 13.8. The standard InChI is InChI=1S/C25H24F2N2O3/c1-16-24(15-31-23-13-18(26)9-10-19(23)27)32-22-8-2-7-21(25(16)22)30-12-4-6-20(28)17-5-3-11-29-14-17/h2-3,5,7-11,13-14,20H,4,6,12,15,28H2,1H3. The molecular formula is C25H24F2N2O3. The van der Waals surface area contributed by atoms with Gasteiger partial charge in [-0.15, -0.1) is 0 Å². The third kappa shape index (κ3) is 4.89. The second kappa shape index (κ2) is 9.78. The summed E-state index contributed by atoms with van der Waals surface area (Å²) in [6.07, 6.45) is 5.05. The number of aromatic nitrogens is 1. The lowest BCUT2D eigenvalue weighted by molar-refractivity contribution is 0.260. The average Bonchev–Trinajstić information content (AvgIpc) is 3.14. The van der Waals surface area contributed by atoms with E-state index in [1.807, 2.05) is 37.3 Å². The first-order valence-electron chi connectivity index (χ1n) is 10.4. The van der Waals surface area contributed by atoms with Crippen LogP contribution in [0.5, 0.6) is 11.5 Å². The number of rotatable bonds is 9. The molecular weight excluding hydrogens is 414 g/mol. The van der Waals surface area contributed by atoms with Gasteiger partial charge in [-0.1, -0.05) is 12.1 Å². The molecule has 5 nitrogen and oxygen atoms in total. The molecule has 0 bridgehead atoms. The highest BCUT2D eigenvalue weighted by atomic mass is 19.1. The summed E-state index contributed by atoms with van der Waals surface area (Å²) in [5.74, 6) is -0.137. The number of halogens is 2. The predicted molar refractivity (Wildman–Crippen MR) is 118 cm³/mol. The molecule has 4 aromatic rings. The number of aryl methyl sites for hydroxylation is 1. The van der Waals surface area contributed by atoms with E-state index in [-0.39, 0.29) is 18.4 Å². The maximum absolute atomic E-state index is 13.8. The van der Waals surface area contributed by atoms with E-state index in [1.54, 1.807) is 12.4 Å². The third-order valence-electron chi connectivity index (χ3n) is 5.30. The van der Waals surface area contributed by atoms with Crippen LogP contribution >= 0.6 is 0 Å². The summed E-state index contributed by atoms with van der Waals surface area (Å²) < 4.78 is 44.5. The normalized spacial score (nSPS) is 12.1. The Balaban J connectivity index is 1.41. The van der Waals surface area contributed by atoms with Gasteiger partial charge >= 0.3 is 0 Å². The minimum Gasteiger partial charge on any atom is -0.493 e. The zero-order chi connectivity index (χ0) is 22.5. The fraction of sp³-hybridized carbons (Fsp3) is 0.240. The number of nitrogens with two attached hydrogens (primary N) is 1. The summed E-state index contributed by atoms with van der Waals surface area (Å²) in [5, 5.41) is 0.836. The van der Waals surface area contributed by atoms with Crippen molar-refractivity contribution in [2.45, 2.75) is 32.4 Å². The molecule has 1 unspecified atom stereocenters. The molecule has 7 heteroatoms. The molecule has 0 aliphatic heterocycles. The van der Waals surface area contributed by atoms with E-state index in [9.17, 15) is 8.78 Å². The van der Waals surface area contributed by atoms with Crippen LogP contribution < -0.4 is 15.2 Å². The highest BCUT2D eigenvalue weighted by Crippen LogP contribution is 2.34. The molecule has 2 heterocycles. The summed E-state index contributed by atoms with van der Waals surface area (Å²) in [6, 6.07) is 12.4. The molecule has 0 radical (unpaired) electrons. The molecule has 0 saturated heterocycles. The largest absolute Gasteiger partial charge is 0.493 e. The minimum atomic E-state index is -0.631. The summed E-state index contributed by atoms with van der Waals surface area (Å²) in [4.78, 5) is 4.10. The number of ether oxygens (including phenoxy) is 2. The molecule has 2 N–H and O–H groups in total. The van der Waals surface area contributed by atoms with Crippen molar-refractivity contribution in [2.75, 3.05) is 6.61 Å². The van der Waals surface area contributed by atoms with Crippen LogP contribution in [0.25, 0.3) is 11.0 Å². The van der Waals surface area contributed by atoms with Crippen LogP contribution in [-0.2, 0) is 6.61 Å². The fourth-order valence-electron chi connectivity index (χ4n) is 3.55. The van der Waals surface area contributed by atoms with Gasteiger partial charge in [-0.3, -0.25) is 4.98 Å². The molecule has 0 aliphatic carbocycles. The predicted octanol–water partition coefficient (Wildman–Crippen LogP) is 5.85. The fourth-order valence-corrected chi connectivity index (χ4v) is 3.55. The molecule has 0 fully saturated rings. The zero-order valence-electron chi connectivity index (χ0n) is 17.7. The Morgan fingerprint density at radius 2 is 1.94 bits per heavy atom. The Labute approximate surface area is 184 Å². The van der Waals surface area contributed by atoms with Crippen molar-refractivity contribution in [2.24, 2.45) is 5.73 Å². The van der Waals surface area contributed by atoms with Crippen LogP contribution in [0, 0.1) is 18.6 Å². The summed E-state index contributed by atoms with van der Waals surface area (Å²) in [6.45, 7) is 2.36. The van der Waals surface area contributed by atoms with Gasteiger partial charge in [-0.25, -0.2) is 8.78 Å². The highest BCUT2D eigenvalue weighted by Gasteiger charge is 2.16. The van der Waals surface area contributed by atoms with Crippen LogP contribution in [0.2, 0.25) is 0 Å². The first kappa shape index (κ1) is 21.8. The van der Waals surface area contributed by atoms with Crippen LogP contribution in [0.3, 0.4) is 0 Å². The second-order valence-electron chi connectivity index (χ2n) is 7.53. The quantitative estimate of drug-likeness (QED) is 0.332. The summed E-state index contributed by atoms with van der Waals surface area (Å²) >= 11 is 0. The Hall–Kier alpha value is -3.45. The molecule has 0 spiro atoms. The number of fused-ring (bicyclic) bond motifs is 1. The van der Waals surface area contributed by atoms with E-state index in [4.69, 9.17) is 19.6 Å². The third-order valence-corrected chi connectivity index (χ3v) is 5.30. The van der Waals surface area contributed by atoms with Gasteiger partial charge < -0.3 is 19.6 Å². The van der Waals surface area contributed by atoms with Gasteiger partial charge in [0.25, 0.3) is 0 Å². The van der Waals surface area contributed by atoms with Crippen LogP contribution in [-0.4, -0.2) is 11.6 Å². The van der Waals surface area contributed by atoms with E-state index >= 15 is 0 Å². The molecule has 166 valence electrons. The van der Waals surface area contributed by atoms with E-state index in [1.165, 1.54) is 0 Å². The van der Waals surface area contributed by atoms with Crippen LogP contribution in [0.4, 0.5) is 8.78 Å². The Morgan fingerprint density at radius 3 is 2.75 bits per heavy atom. The molecule has 1 atom stereocenters. The maximum Gasteiger partial charge on any atom is 0.165 e. The van der Waals surface area contributed by atoms with Crippen LogP contribution in [0.1, 0.15) is 35.8 Å². The van der Waals surface area contributed by atoms with Crippen molar-refractivity contribution in [1.29, 1.82) is 0 Å². The summed E-state index contributed by atoms with van der Waals surface area (Å²) in [5.41, 5.74) is 8.70. The summed E-state index contributed by atoms with van der Waals surface area (Å²) in [7, 11) is 0. The first-order chi connectivity index (χ1) is 15.5. The molecule has 0 amide bonds. The molecule has 0 saturated carbocycles. The van der Waals surface area contributed by atoms with Crippen molar-refractivity contribution >= 4 is 11.0 Å². The van der Waals surface area contributed by atoms with Gasteiger partial charge in [0.05, 0.1) is 12.0 Å². The molecule has 0 aliphatic rings. The SMILES string of the molecule is Cc1c(COc2cc(F)ccc2F)oc2cccc(OCCCC(N)c3cccnc3)c12. The molecule has 4 rings (SSSR count). The van der Waals surface area contributed by atoms with Crippen molar-refractivity contribution in [1.82, 2.24) is 4.98 Å². The Kier molecular flexibility index (Phi) is 6.66. The number of furan rings is 1. The zero-order valence-corrected chi connectivity index (χ0v) is 17.7. The Morgan fingerprint density at radius 1 is 1.06 bits per heavy atom. The van der Waals surface area contributed by atoms with E-state index in [0.717, 1.165) is 47.6 Å². The molecule has 2 aromatic heterocycles. The van der Waals surface area contributed by atoms with E-state index in [2.05, 4.69) is 4.98 Å². The van der Waals surface area contributed by atoms with E-state index in [0.29, 0.717) is 23.7 Å². The number of pyridine rings is 1. The lowest BCUT2D eigenvalue weighted by Gasteiger charge is -2.12. The first-order valence-corrected chi connectivity index (χ1v) is 10.4. The highest BCUT2D eigenvalue weighted by molar-refractivity contribution is 5.88. The monoisotopic (exact) mass is 438 g/mol. The van der Waals surface area contributed by atoms with Gasteiger partial charge in [-0.2, -0.15) is 0 Å². The average molecular weight is 438 g/mol. The van der Waals surface area contributed by atoms with Gasteiger partial charge in [0, 0.05) is 30.1 Å². The van der Waals surface area contributed by atoms with Gasteiger partial charge in [-0.05, 0) is 55.7 Å². The topological polar surface area (TPSA) is 70.5 Å². The number of nitrogens with zero attached hydrogens (tertiary/aromatic N) is 1. The second-order valence-corrected chi connectivity index (χ2v) is 7.53. The number of hydrogen-bond acceptors (Lipinski definition) is 5. The van der Waals surface area contributed by atoms with E-state index < -0.39 is 11.6 Å². The van der Waals surface area contributed by atoms with Crippen molar-refractivity contribution in [3.63, 3.8) is 0 Å². The smallest absolute Gasteiger partial charge is 0.165 e. The van der Waals surface area contributed by atoms with Crippen molar-refractivity contribution < 1.29 is 22.7 Å². The van der Waals surface area contributed by atoms with Gasteiger partial charge in [0.15, 0.2) is 11.6 Å². The minimum absolute atomic E-state index is 0.0275. The van der Waals surface area contributed by atoms with Gasteiger partial charge in [0.2, 0.25) is 0 Å². The van der Waals surface area contributed by atoms with Crippen molar-refractivity contribution in [3.8, 4) is 11.5 Å². The lowest BCUT2D eigenvalue weighted by atomic mass is 10.1. The number of hydrogen-bond donors (Lipinski definition) is 1. The van der Waals surface area contributed by atoms with Crippen molar-refractivity contribution in [3.05, 3.63) is 89.4 Å². The number of benzene rings is 2. The lowest BCUT2D eigenvalue weighted by Crippen LogP contribution is -2.12. The Bertz CT molecular complexity index is 1190.